The van der Waals surface area contributed by atoms with Gasteiger partial charge >= 0.3 is 0 Å². The molecule has 1 atom stereocenters. The summed E-state index contributed by atoms with van der Waals surface area (Å²) >= 11 is 1.35. The van der Waals surface area contributed by atoms with Crippen LogP contribution in [-0.4, -0.2) is 33.9 Å². The van der Waals surface area contributed by atoms with E-state index in [2.05, 4.69) is 9.97 Å². The standard InChI is InChI=1S/C13H18N4O2S.ClH/c1-7(2)10(14)13(19)17(3)6-9-15-8-4-5-20-11(8)12(18)16-9;/h4-5,7,10H,6,14H2,1-3H3,(H,15,16,18);1H/t10-;/m1./s1. The van der Waals surface area contributed by atoms with Gasteiger partial charge in [0.05, 0.1) is 18.1 Å². The lowest BCUT2D eigenvalue weighted by Crippen LogP contribution is -2.44. The van der Waals surface area contributed by atoms with Crippen molar-refractivity contribution in [1.82, 2.24) is 14.9 Å². The molecule has 6 nitrogen and oxygen atoms in total. The molecule has 0 aliphatic carbocycles. The molecule has 0 radical (unpaired) electrons. The van der Waals surface area contributed by atoms with E-state index in [4.69, 9.17) is 5.73 Å². The first-order chi connectivity index (χ1) is 9.40. The minimum atomic E-state index is -0.545. The number of rotatable bonds is 4. The smallest absolute Gasteiger partial charge is 0.268 e. The summed E-state index contributed by atoms with van der Waals surface area (Å²) in [6.45, 7) is 4.03. The lowest BCUT2D eigenvalue weighted by Gasteiger charge is -2.22. The normalized spacial score (nSPS) is 12.2. The number of aromatic nitrogens is 2. The first-order valence-corrected chi connectivity index (χ1v) is 7.25. The number of aromatic amines is 1. The number of hydrogen-bond acceptors (Lipinski definition) is 5. The summed E-state index contributed by atoms with van der Waals surface area (Å²) in [5.41, 5.74) is 6.32. The highest BCUT2D eigenvalue weighted by Crippen LogP contribution is 2.14. The van der Waals surface area contributed by atoms with E-state index < -0.39 is 6.04 Å². The molecule has 1 amide bonds. The molecule has 0 aliphatic rings. The quantitative estimate of drug-likeness (QED) is 0.885. The van der Waals surface area contributed by atoms with Gasteiger partial charge in [0.1, 0.15) is 10.5 Å². The van der Waals surface area contributed by atoms with Crippen molar-refractivity contribution in [2.45, 2.75) is 26.4 Å². The van der Waals surface area contributed by atoms with E-state index in [0.29, 0.717) is 16.0 Å². The SMILES string of the molecule is CC(C)[C@@H](N)C(=O)N(C)Cc1nc2ccsc2c(=O)[nH]1.Cl. The molecular formula is C13H19ClN4O2S. The monoisotopic (exact) mass is 330 g/mol. The molecule has 2 aromatic rings. The van der Waals surface area contributed by atoms with Crippen molar-refractivity contribution in [3.63, 3.8) is 0 Å². The summed E-state index contributed by atoms with van der Waals surface area (Å²) in [4.78, 5) is 32.4. The van der Waals surface area contributed by atoms with E-state index in [9.17, 15) is 9.59 Å². The van der Waals surface area contributed by atoms with Crippen LogP contribution in [0.25, 0.3) is 10.2 Å². The van der Waals surface area contributed by atoms with Crippen LogP contribution in [0.3, 0.4) is 0 Å². The highest BCUT2D eigenvalue weighted by atomic mass is 35.5. The first kappa shape index (κ1) is 17.6. The van der Waals surface area contributed by atoms with Crippen LogP contribution < -0.4 is 11.3 Å². The Kier molecular flexibility index (Phi) is 5.88. The van der Waals surface area contributed by atoms with Crippen molar-refractivity contribution in [3.05, 3.63) is 27.6 Å². The van der Waals surface area contributed by atoms with E-state index in [-0.39, 0.29) is 36.3 Å². The average Bonchev–Trinajstić information content (AvgIpc) is 2.85. The largest absolute Gasteiger partial charge is 0.337 e. The van der Waals surface area contributed by atoms with Gasteiger partial charge in [-0.05, 0) is 17.4 Å². The summed E-state index contributed by atoms with van der Waals surface area (Å²) in [7, 11) is 1.66. The second-order valence-corrected chi connectivity index (χ2v) is 6.03. The molecule has 2 heterocycles. The van der Waals surface area contributed by atoms with Gasteiger partial charge in [0.15, 0.2) is 0 Å². The molecule has 0 aliphatic heterocycles. The second kappa shape index (κ2) is 7.02. The number of likely N-dealkylation sites (N-methyl/N-ethyl adjacent to an activating group) is 1. The number of nitrogens with zero attached hydrogens (tertiary/aromatic N) is 2. The van der Waals surface area contributed by atoms with Crippen LogP contribution >= 0.6 is 23.7 Å². The van der Waals surface area contributed by atoms with Crippen molar-refractivity contribution in [2.75, 3.05) is 7.05 Å². The number of thiophene rings is 1. The highest BCUT2D eigenvalue weighted by molar-refractivity contribution is 7.17. The molecule has 0 aromatic carbocycles. The van der Waals surface area contributed by atoms with Crippen molar-refractivity contribution in [1.29, 1.82) is 0 Å². The maximum atomic E-state index is 12.1. The predicted octanol–water partition coefficient (Wildman–Crippen LogP) is 1.35. The Morgan fingerprint density at radius 1 is 1.52 bits per heavy atom. The number of carbonyl (C=O) groups excluding carboxylic acids is 1. The molecule has 0 fully saturated rings. The molecule has 0 unspecified atom stereocenters. The van der Waals surface area contributed by atoms with Gasteiger partial charge in [0.2, 0.25) is 5.91 Å². The Morgan fingerprint density at radius 3 is 2.81 bits per heavy atom. The average molecular weight is 331 g/mol. The summed E-state index contributed by atoms with van der Waals surface area (Å²) in [6.07, 6.45) is 0. The number of nitrogens with two attached hydrogens (primary N) is 1. The first-order valence-electron chi connectivity index (χ1n) is 6.37. The maximum absolute atomic E-state index is 12.1. The Labute approximate surface area is 132 Å². The molecular weight excluding hydrogens is 312 g/mol. The van der Waals surface area contributed by atoms with Gasteiger partial charge in [-0.1, -0.05) is 13.8 Å². The Bertz CT molecular complexity index is 682. The lowest BCUT2D eigenvalue weighted by molar-refractivity contribution is -0.132. The van der Waals surface area contributed by atoms with Crippen LogP contribution in [0.5, 0.6) is 0 Å². The fourth-order valence-corrected chi connectivity index (χ4v) is 2.56. The number of fused-ring (bicyclic) bond motifs is 1. The summed E-state index contributed by atoms with van der Waals surface area (Å²) in [5, 5.41) is 1.82. The molecule has 116 valence electrons. The summed E-state index contributed by atoms with van der Waals surface area (Å²) < 4.78 is 0.599. The van der Waals surface area contributed by atoms with Crippen molar-refractivity contribution in [3.8, 4) is 0 Å². The molecule has 2 aromatic heterocycles. The second-order valence-electron chi connectivity index (χ2n) is 5.11. The van der Waals surface area contributed by atoms with Crippen LogP contribution in [-0.2, 0) is 11.3 Å². The number of hydrogen-bond donors (Lipinski definition) is 2. The van der Waals surface area contributed by atoms with Crippen LogP contribution in [0.15, 0.2) is 16.2 Å². The fourth-order valence-electron chi connectivity index (χ4n) is 1.84. The van der Waals surface area contributed by atoms with Crippen LogP contribution in [0.2, 0.25) is 0 Å². The number of amides is 1. The van der Waals surface area contributed by atoms with Crippen LogP contribution in [0, 0.1) is 5.92 Å². The topological polar surface area (TPSA) is 92.1 Å². The van der Waals surface area contributed by atoms with Crippen molar-refractivity contribution in [2.24, 2.45) is 11.7 Å². The van der Waals surface area contributed by atoms with Gasteiger partial charge in [-0.2, -0.15) is 0 Å². The van der Waals surface area contributed by atoms with E-state index >= 15 is 0 Å². The third kappa shape index (κ3) is 3.81. The van der Waals surface area contributed by atoms with E-state index in [1.54, 1.807) is 13.1 Å². The number of carbonyl (C=O) groups is 1. The van der Waals surface area contributed by atoms with Gasteiger partial charge in [-0.3, -0.25) is 9.59 Å². The minimum Gasteiger partial charge on any atom is -0.337 e. The molecule has 8 heteroatoms. The Hall–Kier alpha value is -1.44. The van der Waals surface area contributed by atoms with Crippen LogP contribution in [0.4, 0.5) is 0 Å². The van der Waals surface area contributed by atoms with Gasteiger partial charge < -0.3 is 15.6 Å². The minimum absolute atomic E-state index is 0. The zero-order valence-corrected chi connectivity index (χ0v) is 13.8. The van der Waals surface area contributed by atoms with Gasteiger partial charge in [0, 0.05) is 7.05 Å². The zero-order valence-electron chi connectivity index (χ0n) is 12.1. The van der Waals surface area contributed by atoms with E-state index in [1.807, 2.05) is 19.2 Å². The summed E-state index contributed by atoms with van der Waals surface area (Å²) in [6, 6.07) is 1.25. The molecule has 3 N–H and O–H groups in total. The molecule has 0 bridgehead atoms. The lowest BCUT2D eigenvalue weighted by atomic mass is 10.0. The van der Waals surface area contributed by atoms with E-state index in [0.717, 1.165) is 0 Å². The predicted molar refractivity (Wildman–Crippen MR) is 86.8 cm³/mol. The highest BCUT2D eigenvalue weighted by Gasteiger charge is 2.21. The number of H-pyrrole nitrogens is 1. The van der Waals surface area contributed by atoms with Crippen molar-refractivity contribution >= 4 is 39.9 Å². The van der Waals surface area contributed by atoms with E-state index in [1.165, 1.54) is 16.2 Å². The molecule has 21 heavy (non-hydrogen) atoms. The summed E-state index contributed by atoms with van der Waals surface area (Å²) in [5.74, 6) is 0.372. The van der Waals surface area contributed by atoms with Gasteiger partial charge in [-0.25, -0.2) is 4.98 Å². The maximum Gasteiger partial charge on any atom is 0.268 e. The zero-order chi connectivity index (χ0) is 14.9. The van der Waals surface area contributed by atoms with Gasteiger partial charge in [0.25, 0.3) is 5.56 Å². The van der Waals surface area contributed by atoms with Crippen LogP contribution in [0.1, 0.15) is 19.7 Å². The van der Waals surface area contributed by atoms with Crippen molar-refractivity contribution < 1.29 is 4.79 Å². The Morgan fingerprint density at radius 2 is 2.19 bits per heavy atom. The van der Waals surface area contributed by atoms with Gasteiger partial charge in [-0.15, -0.1) is 23.7 Å². The number of halogens is 1. The third-order valence-corrected chi connectivity index (χ3v) is 4.03. The molecule has 2 rings (SSSR count). The Balaban J connectivity index is 0.00000220. The third-order valence-electron chi connectivity index (χ3n) is 3.13. The molecule has 0 saturated carbocycles. The fraction of sp³-hybridized carbons (Fsp3) is 0.462. The number of nitrogens with one attached hydrogen (secondary N) is 1. The molecule has 0 saturated heterocycles. The molecule has 0 spiro atoms.